The quantitative estimate of drug-likeness (QED) is 0.0345. The normalized spacial score (nSPS) is 12.1. The molecule has 0 amide bonds. The number of carbonyl (C=O) groups excluding carboxylic acids is 3. The monoisotopic (exact) mass is 849 g/mol. The number of carbonyl (C=O) groups is 3. The largest absolute Gasteiger partial charge is 0.462 e. The molecule has 356 valence electrons. The van der Waals surface area contributed by atoms with E-state index in [0.29, 0.717) is 19.3 Å². The Morgan fingerprint density at radius 3 is 0.817 bits per heavy atom. The molecule has 0 unspecified atom stereocenters. The van der Waals surface area contributed by atoms with Crippen LogP contribution in [0.1, 0.15) is 298 Å². The zero-order valence-corrected chi connectivity index (χ0v) is 41.1. The van der Waals surface area contributed by atoms with E-state index in [9.17, 15) is 14.4 Å². The SMILES string of the molecule is CCCCCCCCCCCC(=O)OC[C@H](COC(=O)CCCCCCCCCCCCCCC(C)C)OC(=O)CCCCCCCCCCCCCCCCCC(C)C. The second-order valence-electron chi connectivity index (χ2n) is 19.5. The molecule has 0 N–H and O–H groups in total. The smallest absolute Gasteiger partial charge is 0.306 e. The summed E-state index contributed by atoms with van der Waals surface area (Å²) in [6.07, 6.45) is 48.1. The maximum absolute atomic E-state index is 12.8. The fourth-order valence-electron chi connectivity index (χ4n) is 8.17. The highest BCUT2D eigenvalue weighted by Gasteiger charge is 2.19. The van der Waals surface area contributed by atoms with Crippen molar-refractivity contribution in [2.75, 3.05) is 13.2 Å². The van der Waals surface area contributed by atoms with E-state index in [4.69, 9.17) is 14.2 Å². The molecule has 0 aromatic heterocycles. The van der Waals surface area contributed by atoms with Crippen LogP contribution in [0.4, 0.5) is 0 Å². The first kappa shape index (κ1) is 58.4. The molecule has 0 saturated carbocycles. The van der Waals surface area contributed by atoms with E-state index in [1.165, 1.54) is 186 Å². The number of ether oxygens (including phenoxy) is 3. The molecule has 0 heterocycles. The summed E-state index contributed by atoms with van der Waals surface area (Å²) in [5.74, 6) is 0.834. The fraction of sp³-hybridized carbons (Fsp3) is 0.944. The third-order valence-corrected chi connectivity index (χ3v) is 12.2. The molecule has 0 spiro atoms. The van der Waals surface area contributed by atoms with E-state index in [-0.39, 0.29) is 31.1 Å². The minimum absolute atomic E-state index is 0.0634. The molecule has 0 radical (unpaired) electrons. The molecule has 0 bridgehead atoms. The van der Waals surface area contributed by atoms with Crippen LogP contribution in [0.2, 0.25) is 0 Å². The molecule has 0 fully saturated rings. The highest BCUT2D eigenvalue weighted by atomic mass is 16.6. The predicted molar refractivity (Wildman–Crippen MR) is 256 cm³/mol. The van der Waals surface area contributed by atoms with Crippen LogP contribution in [0.15, 0.2) is 0 Å². The van der Waals surface area contributed by atoms with Crippen LogP contribution in [0.3, 0.4) is 0 Å². The summed E-state index contributed by atoms with van der Waals surface area (Å²) in [4.78, 5) is 37.9. The van der Waals surface area contributed by atoms with Crippen LogP contribution in [-0.2, 0) is 28.6 Å². The molecule has 0 aliphatic rings. The third-order valence-electron chi connectivity index (χ3n) is 12.2. The molecule has 0 aromatic carbocycles. The van der Waals surface area contributed by atoms with Crippen LogP contribution in [-0.4, -0.2) is 37.2 Å². The van der Waals surface area contributed by atoms with Crippen molar-refractivity contribution in [1.29, 1.82) is 0 Å². The first-order valence-corrected chi connectivity index (χ1v) is 26.7. The van der Waals surface area contributed by atoms with Gasteiger partial charge < -0.3 is 14.2 Å². The molecule has 0 rings (SSSR count). The van der Waals surface area contributed by atoms with Crippen molar-refractivity contribution in [3.63, 3.8) is 0 Å². The third kappa shape index (κ3) is 47.5. The zero-order chi connectivity index (χ0) is 44.0. The number of rotatable bonds is 48. The van der Waals surface area contributed by atoms with Gasteiger partial charge in [0.05, 0.1) is 0 Å². The Balaban J connectivity index is 4.25. The summed E-state index contributed by atoms with van der Waals surface area (Å²) < 4.78 is 16.8. The lowest BCUT2D eigenvalue weighted by Crippen LogP contribution is -2.30. The van der Waals surface area contributed by atoms with E-state index in [1.54, 1.807) is 0 Å². The molecule has 6 nitrogen and oxygen atoms in total. The van der Waals surface area contributed by atoms with Crippen molar-refractivity contribution in [1.82, 2.24) is 0 Å². The van der Waals surface area contributed by atoms with Gasteiger partial charge in [0.25, 0.3) is 0 Å². The standard InChI is InChI=1S/C54H104O6/c1-6-7-8-9-10-22-29-34-39-44-52(55)58-47-51(48-59-53(56)45-40-35-30-25-20-17-16-19-24-28-33-38-43-50(4)5)60-54(57)46-41-36-31-26-21-15-13-11-12-14-18-23-27-32-37-42-49(2)3/h49-51H,6-48H2,1-5H3/t51-/m1/s1. The summed E-state index contributed by atoms with van der Waals surface area (Å²) in [7, 11) is 0. The van der Waals surface area contributed by atoms with Crippen molar-refractivity contribution in [2.24, 2.45) is 11.8 Å². The predicted octanol–water partition coefficient (Wildman–Crippen LogP) is 17.3. The minimum atomic E-state index is -0.761. The van der Waals surface area contributed by atoms with Crippen LogP contribution >= 0.6 is 0 Å². The maximum atomic E-state index is 12.8. The summed E-state index contributed by atoms with van der Waals surface area (Å²) in [6.45, 7) is 11.4. The molecule has 1 atom stereocenters. The van der Waals surface area contributed by atoms with E-state index in [1.807, 2.05) is 0 Å². The van der Waals surface area contributed by atoms with Gasteiger partial charge in [-0.1, -0.05) is 259 Å². The van der Waals surface area contributed by atoms with Gasteiger partial charge in [-0.3, -0.25) is 14.4 Å². The lowest BCUT2D eigenvalue weighted by atomic mass is 10.0. The second kappa shape index (κ2) is 46.9. The van der Waals surface area contributed by atoms with Crippen LogP contribution in [0.25, 0.3) is 0 Å². The van der Waals surface area contributed by atoms with E-state index >= 15 is 0 Å². The Kier molecular flexibility index (Phi) is 45.7. The zero-order valence-electron chi connectivity index (χ0n) is 41.1. The van der Waals surface area contributed by atoms with Gasteiger partial charge in [0.2, 0.25) is 0 Å². The van der Waals surface area contributed by atoms with Crippen molar-refractivity contribution in [2.45, 2.75) is 304 Å². The van der Waals surface area contributed by atoms with Gasteiger partial charge in [0.15, 0.2) is 6.10 Å². The van der Waals surface area contributed by atoms with Crippen LogP contribution in [0.5, 0.6) is 0 Å². The van der Waals surface area contributed by atoms with Gasteiger partial charge >= 0.3 is 17.9 Å². The number of unbranched alkanes of at least 4 members (excludes halogenated alkanes) is 33. The fourth-order valence-corrected chi connectivity index (χ4v) is 8.17. The summed E-state index contributed by atoms with van der Waals surface area (Å²) in [5.41, 5.74) is 0. The van der Waals surface area contributed by atoms with E-state index in [2.05, 4.69) is 34.6 Å². The van der Waals surface area contributed by atoms with Crippen molar-refractivity contribution < 1.29 is 28.6 Å². The Morgan fingerprint density at radius 2 is 0.550 bits per heavy atom. The highest BCUT2D eigenvalue weighted by Crippen LogP contribution is 2.18. The average Bonchev–Trinajstić information content (AvgIpc) is 3.22. The highest BCUT2D eigenvalue weighted by molar-refractivity contribution is 5.71. The second-order valence-corrected chi connectivity index (χ2v) is 19.5. The Morgan fingerprint density at radius 1 is 0.317 bits per heavy atom. The minimum Gasteiger partial charge on any atom is -0.462 e. The van der Waals surface area contributed by atoms with Gasteiger partial charge in [0, 0.05) is 19.3 Å². The lowest BCUT2D eigenvalue weighted by Gasteiger charge is -2.18. The maximum Gasteiger partial charge on any atom is 0.306 e. The summed E-state index contributed by atoms with van der Waals surface area (Å²) in [5, 5.41) is 0. The number of hydrogen-bond acceptors (Lipinski definition) is 6. The topological polar surface area (TPSA) is 78.9 Å². The molecule has 0 aromatic rings. The van der Waals surface area contributed by atoms with Gasteiger partial charge in [0.1, 0.15) is 13.2 Å². The first-order valence-electron chi connectivity index (χ1n) is 26.7. The first-order chi connectivity index (χ1) is 29.2. The molecule has 0 aliphatic heterocycles. The lowest BCUT2D eigenvalue weighted by molar-refractivity contribution is -0.167. The molecular weight excluding hydrogens is 745 g/mol. The van der Waals surface area contributed by atoms with Crippen LogP contribution < -0.4 is 0 Å². The van der Waals surface area contributed by atoms with Crippen molar-refractivity contribution >= 4 is 17.9 Å². The van der Waals surface area contributed by atoms with E-state index < -0.39 is 6.10 Å². The van der Waals surface area contributed by atoms with Gasteiger partial charge in [-0.05, 0) is 31.1 Å². The Bertz CT molecular complexity index is 916. The van der Waals surface area contributed by atoms with Crippen molar-refractivity contribution in [3.8, 4) is 0 Å². The number of hydrogen-bond donors (Lipinski definition) is 0. The molecule has 0 aliphatic carbocycles. The van der Waals surface area contributed by atoms with Crippen molar-refractivity contribution in [3.05, 3.63) is 0 Å². The molecule has 0 saturated heterocycles. The average molecular weight is 849 g/mol. The summed E-state index contributed by atoms with van der Waals surface area (Å²) >= 11 is 0. The molecule has 60 heavy (non-hydrogen) atoms. The summed E-state index contributed by atoms with van der Waals surface area (Å²) in [6, 6.07) is 0. The number of esters is 3. The molecular formula is C54H104O6. The Hall–Kier alpha value is -1.59. The molecule has 6 heteroatoms. The van der Waals surface area contributed by atoms with E-state index in [0.717, 1.165) is 69.6 Å². The van der Waals surface area contributed by atoms with Gasteiger partial charge in [-0.25, -0.2) is 0 Å². The van der Waals surface area contributed by atoms with Gasteiger partial charge in [-0.15, -0.1) is 0 Å². The Labute approximate surface area is 374 Å². The van der Waals surface area contributed by atoms with Crippen LogP contribution in [0, 0.1) is 11.8 Å². The van der Waals surface area contributed by atoms with Gasteiger partial charge in [-0.2, -0.15) is 0 Å².